The predicted octanol–water partition coefficient (Wildman–Crippen LogP) is 5.19. The predicted molar refractivity (Wildman–Crippen MR) is 105 cm³/mol. The van der Waals surface area contributed by atoms with E-state index in [1.54, 1.807) is 0 Å². The van der Waals surface area contributed by atoms with Gasteiger partial charge >= 0.3 is 0 Å². The summed E-state index contributed by atoms with van der Waals surface area (Å²) in [6.45, 7) is 2.79. The highest BCUT2D eigenvalue weighted by Gasteiger charge is 2.18. The maximum atomic E-state index is 12.7. The SMILES string of the molecule is CCCN(C(=O)CCc1ccccc1)c1nc(-c2ccccc2)cs1. The van der Waals surface area contributed by atoms with Gasteiger partial charge < -0.3 is 0 Å². The fourth-order valence-electron chi connectivity index (χ4n) is 2.71. The molecule has 0 bridgehead atoms. The first-order chi connectivity index (χ1) is 12.3. The molecule has 0 atom stereocenters. The van der Waals surface area contributed by atoms with Gasteiger partial charge in [0.1, 0.15) is 0 Å². The number of nitrogens with zero attached hydrogens (tertiary/aromatic N) is 2. The fraction of sp³-hybridized carbons (Fsp3) is 0.238. The molecule has 0 radical (unpaired) electrons. The number of anilines is 1. The maximum Gasteiger partial charge on any atom is 0.229 e. The maximum absolute atomic E-state index is 12.7. The van der Waals surface area contributed by atoms with Gasteiger partial charge in [0, 0.05) is 23.9 Å². The Balaban J connectivity index is 1.72. The fourth-order valence-corrected chi connectivity index (χ4v) is 3.59. The third kappa shape index (κ3) is 4.54. The summed E-state index contributed by atoms with van der Waals surface area (Å²) in [6, 6.07) is 20.2. The number of hydrogen-bond donors (Lipinski definition) is 0. The van der Waals surface area contributed by atoms with Gasteiger partial charge in [-0.15, -0.1) is 11.3 Å². The first-order valence-electron chi connectivity index (χ1n) is 8.63. The van der Waals surface area contributed by atoms with Gasteiger partial charge in [-0.25, -0.2) is 4.98 Å². The largest absolute Gasteiger partial charge is 0.288 e. The lowest BCUT2D eigenvalue weighted by molar-refractivity contribution is -0.118. The molecule has 1 amide bonds. The highest BCUT2D eigenvalue weighted by molar-refractivity contribution is 7.14. The van der Waals surface area contributed by atoms with Crippen LogP contribution in [-0.2, 0) is 11.2 Å². The molecule has 3 rings (SSSR count). The van der Waals surface area contributed by atoms with Gasteiger partial charge in [-0.1, -0.05) is 67.6 Å². The standard InChI is InChI=1S/C21H22N2OS/c1-2-15-23(20(24)14-13-17-9-5-3-6-10-17)21-22-19(16-25-21)18-11-7-4-8-12-18/h3-12,16H,2,13-15H2,1H3. The average Bonchev–Trinajstić information content (AvgIpc) is 3.15. The smallest absolute Gasteiger partial charge is 0.229 e. The van der Waals surface area contributed by atoms with Gasteiger partial charge in [-0.2, -0.15) is 0 Å². The molecule has 2 aromatic carbocycles. The molecule has 0 aliphatic heterocycles. The minimum Gasteiger partial charge on any atom is -0.288 e. The van der Waals surface area contributed by atoms with Crippen LogP contribution in [-0.4, -0.2) is 17.4 Å². The lowest BCUT2D eigenvalue weighted by Gasteiger charge is -2.19. The monoisotopic (exact) mass is 350 g/mol. The van der Waals surface area contributed by atoms with Crippen molar-refractivity contribution in [1.82, 2.24) is 4.98 Å². The third-order valence-corrected chi connectivity index (χ3v) is 4.87. The molecule has 4 heteroatoms. The van der Waals surface area contributed by atoms with Gasteiger partial charge in [0.2, 0.25) is 5.91 Å². The van der Waals surface area contributed by atoms with Gasteiger partial charge in [-0.05, 0) is 18.4 Å². The van der Waals surface area contributed by atoms with Crippen molar-refractivity contribution in [1.29, 1.82) is 0 Å². The van der Waals surface area contributed by atoms with E-state index in [2.05, 4.69) is 19.1 Å². The van der Waals surface area contributed by atoms with Crippen molar-refractivity contribution in [2.45, 2.75) is 26.2 Å². The molecule has 0 aliphatic carbocycles. The molecule has 1 aromatic heterocycles. The number of carbonyl (C=O) groups excluding carboxylic acids is 1. The van der Waals surface area contributed by atoms with Crippen LogP contribution in [0.25, 0.3) is 11.3 Å². The second kappa shape index (κ2) is 8.58. The topological polar surface area (TPSA) is 33.2 Å². The van der Waals surface area contributed by atoms with Crippen molar-refractivity contribution in [3.8, 4) is 11.3 Å². The van der Waals surface area contributed by atoms with Crippen LogP contribution in [0.3, 0.4) is 0 Å². The van der Waals surface area contributed by atoms with Crippen molar-refractivity contribution < 1.29 is 4.79 Å². The number of hydrogen-bond acceptors (Lipinski definition) is 3. The van der Waals surface area contributed by atoms with Gasteiger partial charge in [0.05, 0.1) is 5.69 Å². The summed E-state index contributed by atoms with van der Waals surface area (Å²) < 4.78 is 0. The molecular weight excluding hydrogens is 328 g/mol. The number of thiazole rings is 1. The van der Waals surface area contributed by atoms with Gasteiger partial charge in [0.25, 0.3) is 0 Å². The van der Waals surface area contributed by atoms with Crippen LogP contribution in [0.5, 0.6) is 0 Å². The summed E-state index contributed by atoms with van der Waals surface area (Å²) in [4.78, 5) is 19.3. The highest BCUT2D eigenvalue weighted by atomic mass is 32.1. The Hall–Kier alpha value is -2.46. The van der Waals surface area contributed by atoms with E-state index in [9.17, 15) is 4.79 Å². The van der Waals surface area contributed by atoms with Crippen LogP contribution in [0, 0.1) is 0 Å². The lowest BCUT2D eigenvalue weighted by atomic mass is 10.1. The van der Waals surface area contributed by atoms with E-state index >= 15 is 0 Å². The Morgan fingerprint density at radius 3 is 2.40 bits per heavy atom. The second-order valence-corrected chi connectivity index (χ2v) is 6.75. The molecule has 0 saturated heterocycles. The summed E-state index contributed by atoms with van der Waals surface area (Å²) >= 11 is 1.54. The molecule has 0 N–H and O–H groups in total. The van der Waals surface area contributed by atoms with E-state index in [1.165, 1.54) is 16.9 Å². The zero-order valence-corrected chi connectivity index (χ0v) is 15.2. The molecular formula is C21H22N2OS. The van der Waals surface area contributed by atoms with Crippen molar-refractivity contribution in [2.75, 3.05) is 11.4 Å². The molecule has 128 valence electrons. The van der Waals surface area contributed by atoms with E-state index in [-0.39, 0.29) is 5.91 Å². The minimum atomic E-state index is 0.139. The second-order valence-electron chi connectivity index (χ2n) is 5.91. The number of amides is 1. The summed E-state index contributed by atoms with van der Waals surface area (Å²) in [6.07, 6.45) is 2.18. The average molecular weight is 350 g/mol. The molecule has 3 nitrogen and oxygen atoms in total. The van der Waals surface area contributed by atoms with Crippen LogP contribution < -0.4 is 4.90 Å². The summed E-state index contributed by atoms with van der Waals surface area (Å²) in [7, 11) is 0. The molecule has 3 aromatic rings. The Labute approximate surface area is 153 Å². The third-order valence-electron chi connectivity index (χ3n) is 4.01. The highest BCUT2D eigenvalue weighted by Crippen LogP contribution is 2.28. The zero-order chi connectivity index (χ0) is 17.5. The first kappa shape index (κ1) is 17.4. The van der Waals surface area contributed by atoms with Crippen LogP contribution in [0.2, 0.25) is 0 Å². The quantitative estimate of drug-likeness (QED) is 0.588. The van der Waals surface area contributed by atoms with Crippen molar-refractivity contribution in [3.05, 3.63) is 71.6 Å². The van der Waals surface area contributed by atoms with E-state index in [0.717, 1.165) is 29.2 Å². The normalized spacial score (nSPS) is 10.6. The van der Waals surface area contributed by atoms with E-state index in [4.69, 9.17) is 4.98 Å². The number of aryl methyl sites for hydroxylation is 1. The number of benzene rings is 2. The molecule has 0 aliphatic rings. The first-order valence-corrected chi connectivity index (χ1v) is 9.51. The molecule has 0 saturated carbocycles. The van der Waals surface area contributed by atoms with E-state index < -0.39 is 0 Å². The summed E-state index contributed by atoms with van der Waals surface area (Å²) in [5.74, 6) is 0.139. The number of carbonyl (C=O) groups is 1. The van der Waals surface area contributed by atoms with Crippen LogP contribution in [0.15, 0.2) is 66.0 Å². The molecule has 25 heavy (non-hydrogen) atoms. The Kier molecular flexibility index (Phi) is 5.96. The van der Waals surface area contributed by atoms with Crippen molar-refractivity contribution >= 4 is 22.4 Å². The van der Waals surface area contributed by atoms with E-state index in [1.807, 2.05) is 58.8 Å². The molecule has 1 heterocycles. The Bertz CT molecular complexity index is 799. The molecule has 0 unspecified atom stereocenters. The Morgan fingerprint density at radius 1 is 1.04 bits per heavy atom. The number of aromatic nitrogens is 1. The summed E-state index contributed by atoms with van der Waals surface area (Å²) in [5, 5.41) is 2.82. The van der Waals surface area contributed by atoms with Crippen molar-refractivity contribution in [3.63, 3.8) is 0 Å². The van der Waals surface area contributed by atoms with Crippen LogP contribution >= 0.6 is 11.3 Å². The zero-order valence-electron chi connectivity index (χ0n) is 14.4. The van der Waals surface area contributed by atoms with Crippen LogP contribution in [0.4, 0.5) is 5.13 Å². The lowest BCUT2D eigenvalue weighted by Crippen LogP contribution is -2.31. The minimum absolute atomic E-state index is 0.139. The van der Waals surface area contributed by atoms with Gasteiger partial charge in [-0.3, -0.25) is 9.69 Å². The Morgan fingerprint density at radius 2 is 1.72 bits per heavy atom. The number of rotatable bonds is 7. The van der Waals surface area contributed by atoms with Crippen LogP contribution in [0.1, 0.15) is 25.3 Å². The van der Waals surface area contributed by atoms with Crippen molar-refractivity contribution in [2.24, 2.45) is 0 Å². The summed E-state index contributed by atoms with van der Waals surface area (Å²) in [5.41, 5.74) is 3.20. The molecule has 0 fully saturated rings. The molecule has 0 spiro atoms. The van der Waals surface area contributed by atoms with Gasteiger partial charge in [0.15, 0.2) is 5.13 Å². The van der Waals surface area contributed by atoms with E-state index in [0.29, 0.717) is 13.0 Å².